The smallest absolute Gasteiger partial charge is 0.330 e. The van der Waals surface area contributed by atoms with Crippen LogP contribution in [0.15, 0.2) is 30.3 Å². The molecule has 2 aliphatic heterocycles. The van der Waals surface area contributed by atoms with Crippen molar-refractivity contribution >= 4 is 17.9 Å². The van der Waals surface area contributed by atoms with Crippen molar-refractivity contribution in [2.24, 2.45) is 5.92 Å². The second kappa shape index (κ2) is 8.21. The van der Waals surface area contributed by atoms with Crippen LogP contribution in [0.2, 0.25) is 0 Å². The molecule has 3 amide bonds. The molecule has 0 spiro atoms. The molecule has 3 rings (SSSR count). The predicted molar refractivity (Wildman–Crippen MR) is 95.5 cm³/mol. The number of carbonyl (C=O) groups is 3. The maximum absolute atomic E-state index is 12.5. The largest absolute Gasteiger partial charge is 0.479 e. The van der Waals surface area contributed by atoms with E-state index in [4.69, 9.17) is 0 Å². The topological polar surface area (TPSA) is 90.0 Å². The molecule has 1 aromatic carbocycles. The number of aliphatic carboxylic acids is 1. The zero-order valence-corrected chi connectivity index (χ0v) is 14.8. The fraction of sp³-hybridized carbons (Fsp3) is 0.526. The molecule has 0 bridgehead atoms. The minimum absolute atomic E-state index is 0.0639. The molecule has 7 heteroatoms. The van der Waals surface area contributed by atoms with Crippen LogP contribution in [0.5, 0.6) is 0 Å². The second-order valence-corrected chi connectivity index (χ2v) is 6.93. The lowest BCUT2D eigenvalue weighted by Crippen LogP contribution is -2.48. The van der Waals surface area contributed by atoms with Crippen LogP contribution in [0, 0.1) is 5.92 Å². The Morgan fingerprint density at radius 2 is 1.54 bits per heavy atom. The second-order valence-electron chi connectivity index (χ2n) is 6.93. The van der Waals surface area contributed by atoms with Gasteiger partial charge in [-0.25, -0.2) is 9.59 Å². The van der Waals surface area contributed by atoms with Crippen molar-refractivity contribution in [2.75, 3.05) is 26.2 Å². The van der Waals surface area contributed by atoms with Crippen LogP contribution in [0.4, 0.5) is 4.79 Å². The summed E-state index contributed by atoms with van der Waals surface area (Å²) in [5, 5.41) is 12.1. The fourth-order valence-electron chi connectivity index (χ4n) is 3.63. The molecule has 2 aliphatic rings. The number of amides is 3. The van der Waals surface area contributed by atoms with Crippen molar-refractivity contribution in [3.05, 3.63) is 35.9 Å². The summed E-state index contributed by atoms with van der Waals surface area (Å²) in [6.07, 6.45) is 3.24. The Balaban J connectivity index is 1.54. The Bertz CT molecular complexity index is 650. The average molecular weight is 359 g/mol. The van der Waals surface area contributed by atoms with E-state index in [1.807, 2.05) is 4.90 Å². The first-order chi connectivity index (χ1) is 12.6. The van der Waals surface area contributed by atoms with E-state index < -0.39 is 12.0 Å². The minimum atomic E-state index is -1.08. The van der Waals surface area contributed by atoms with Crippen LogP contribution >= 0.6 is 0 Å². The van der Waals surface area contributed by atoms with E-state index in [1.54, 1.807) is 35.2 Å². The quantitative estimate of drug-likeness (QED) is 0.859. The van der Waals surface area contributed by atoms with E-state index in [-0.39, 0.29) is 17.9 Å². The van der Waals surface area contributed by atoms with Crippen molar-refractivity contribution in [1.29, 1.82) is 0 Å². The standard InChI is InChI=1S/C19H25N3O4/c23-17(20-16(18(24)25)14-6-2-1-3-7-14)15-8-12-22(13-9-15)19(26)21-10-4-5-11-21/h1-3,6-7,15-16H,4-5,8-13H2,(H,20,23)(H,24,25)/t16-/m1/s1. The lowest BCUT2D eigenvalue weighted by Gasteiger charge is -2.34. The first-order valence-corrected chi connectivity index (χ1v) is 9.18. The Hall–Kier alpha value is -2.57. The zero-order valence-electron chi connectivity index (χ0n) is 14.8. The summed E-state index contributed by atoms with van der Waals surface area (Å²) in [6, 6.07) is 7.70. The molecule has 0 unspecified atom stereocenters. The Labute approximate surface area is 153 Å². The van der Waals surface area contributed by atoms with Gasteiger partial charge in [0.05, 0.1) is 0 Å². The van der Waals surface area contributed by atoms with Crippen molar-refractivity contribution in [2.45, 2.75) is 31.7 Å². The van der Waals surface area contributed by atoms with Gasteiger partial charge >= 0.3 is 12.0 Å². The molecule has 0 aromatic heterocycles. The van der Waals surface area contributed by atoms with Crippen LogP contribution in [-0.2, 0) is 9.59 Å². The van der Waals surface area contributed by atoms with E-state index >= 15 is 0 Å². The molecule has 0 saturated carbocycles. The van der Waals surface area contributed by atoms with E-state index in [1.165, 1.54) is 0 Å². The van der Waals surface area contributed by atoms with Crippen LogP contribution in [0.25, 0.3) is 0 Å². The third-order valence-electron chi connectivity index (χ3n) is 5.18. The SMILES string of the molecule is O=C(N[C@@H](C(=O)O)c1ccccc1)C1CCN(C(=O)N2CCCC2)CC1. The molecule has 2 heterocycles. The number of likely N-dealkylation sites (tertiary alicyclic amines) is 2. The number of nitrogens with zero attached hydrogens (tertiary/aromatic N) is 2. The summed E-state index contributed by atoms with van der Waals surface area (Å²) < 4.78 is 0. The number of carbonyl (C=O) groups excluding carboxylic acids is 2. The van der Waals surface area contributed by atoms with Gasteiger partial charge in [0.15, 0.2) is 6.04 Å². The molecule has 0 aliphatic carbocycles. The van der Waals surface area contributed by atoms with Gasteiger partial charge in [-0.1, -0.05) is 30.3 Å². The monoisotopic (exact) mass is 359 g/mol. The first-order valence-electron chi connectivity index (χ1n) is 9.18. The first kappa shape index (κ1) is 18.2. The van der Waals surface area contributed by atoms with Gasteiger partial charge in [0.25, 0.3) is 0 Å². The van der Waals surface area contributed by atoms with Crippen molar-refractivity contribution in [3.63, 3.8) is 0 Å². The lowest BCUT2D eigenvalue weighted by molar-refractivity contribution is -0.143. The molecule has 1 aromatic rings. The van der Waals surface area contributed by atoms with Crippen molar-refractivity contribution in [1.82, 2.24) is 15.1 Å². The molecule has 7 nitrogen and oxygen atoms in total. The van der Waals surface area contributed by atoms with Crippen LogP contribution in [0.3, 0.4) is 0 Å². The number of nitrogens with one attached hydrogen (secondary N) is 1. The summed E-state index contributed by atoms with van der Waals surface area (Å²) in [6.45, 7) is 2.71. The van der Waals surface area contributed by atoms with Crippen LogP contribution < -0.4 is 5.32 Å². The molecular weight excluding hydrogens is 334 g/mol. The summed E-state index contributed by atoms with van der Waals surface area (Å²) >= 11 is 0. The highest BCUT2D eigenvalue weighted by molar-refractivity contribution is 5.86. The number of urea groups is 1. The maximum atomic E-state index is 12.5. The molecular formula is C19H25N3O4. The highest BCUT2D eigenvalue weighted by Gasteiger charge is 2.32. The predicted octanol–water partition coefficient (Wildman–Crippen LogP) is 1.86. The van der Waals surface area contributed by atoms with E-state index in [9.17, 15) is 19.5 Å². The number of carboxylic acids is 1. The number of rotatable bonds is 4. The van der Waals surface area contributed by atoms with Crippen molar-refractivity contribution < 1.29 is 19.5 Å². The molecule has 26 heavy (non-hydrogen) atoms. The van der Waals surface area contributed by atoms with Gasteiger partial charge in [0.1, 0.15) is 0 Å². The van der Waals surface area contributed by atoms with Gasteiger partial charge in [-0.3, -0.25) is 4.79 Å². The van der Waals surface area contributed by atoms with Gasteiger partial charge in [-0.15, -0.1) is 0 Å². The number of carboxylic acid groups (broad SMARTS) is 1. The van der Waals surface area contributed by atoms with Crippen LogP contribution in [-0.4, -0.2) is 59.0 Å². The highest BCUT2D eigenvalue weighted by atomic mass is 16.4. The molecule has 0 radical (unpaired) electrons. The van der Waals surface area contributed by atoms with Crippen LogP contribution in [0.1, 0.15) is 37.3 Å². The number of hydrogen-bond donors (Lipinski definition) is 2. The molecule has 140 valence electrons. The Morgan fingerprint density at radius 1 is 0.962 bits per heavy atom. The molecule has 2 N–H and O–H groups in total. The number of hydrogen-bond acceptors (Lipinski definition) is 3. The van der Waals surface area contributed by atoms with E-state index in [0.29, 0.717) is 31.5 Å². The molecule has 2 saturated heterocycles. The number of benzene rings is 1. The van der Waals surface area contributed by atoms with Gasteiger partial charge in [-0.05, 0) is 31.2 Å². The van der Waals surface area contributed by atoms with E-state index in [2.05, 4.69) is 5.32 Å². The molecule has 1 atom stereocenters. The Kier molecular flexibility index (Phi) is 5.75. The maximum Gasteiger partial charge on any atom is 0.330 e. The highest BCUT2D eigenvalue weighted by Crippen LogP contribution is 2.22. The van der Waals surface area contributed by atoms with Crippen molar-refractivity contribution in [3.8, 4) is 0 Å². The summed E-state index contributed by atoms with van der Waals surface area (Å²) in [5.74, 6) is -1.59. The zero-order chi connectivity index (χ0) is 18.5. The van der Waals surface area contributed by atoms with E-state index in [0.717, 1.165) is 25.9 Å². The lowest BCUT2D eigenvalue weighted by atomic mass is 9.95. The Morgan fingerprint density at radius 3 is 2.12 bits per heavy atom. The third-order valence-corrected chi connectivity index (χ3v) is 5.18. The average Bonchev–Trinajstić information content (AvgIpc) is 3.20. The fourth-order valence-corrected chi connectivity index (χ4v) is 3.63. The number of piperidine rings is 1. The molecule has 2 fully saturated rings. The summed E-state index contributed by atoms with van der Waals surface area (Å²) in [7, 11) is 0. The summed E-state index contributed by atoms with van der Waals surface area (Å²) in [4.78, 5) is 40.1. The summed E-state index contributed by atoms with van der Waals surface area (Å²) in [5.41, 5.74) is 0.551. The van der Waals surface area contributed by atoms with Gasteiger partial charge in [0, 0.05) is 32.1 Å². The van der Waals surface area contributed by atoms with Gasteiger partial charge < -0.3 is 20.2 Å². The normalized spacial score (nSPS) is 19.2. The minimum Gasteiger partial charge on any atom is -0.479 e. The van der Waals surface area contributed by atoms with Gasteiger partial charge in [-0.2, -0.15) is 0 Å². The third kappa shape index (κ3) is 4.15. The van der Waals surface area contributed by atoms with Gasteiger partial charge in [0.2, 0.25) is 5.91 Å².